The monoisotopic (exact) mass is 488 g/mol. The molecular weight excluding hydrogens is 452 g/mol. The molecule has 2 N–H and O–H groups in total. The molecule has 1 fully saturated rings. The summed E-state index contributed by atoms with van der Waals surface area (Å²) in [4.78, 5) is 0.854. The number of benzene rings is 2. The SMILES string of the molecule is C=C(/C=C(/NCc1ccc(NC)cc1)n1ncc(S)c1C)c1ccccc1C.C=CC1CCOC1. The average molecular weight is 489 g/mol. The molecule has 1 saturated heterocycles. The highest BCUT2D eigenvalue weighted by Gasteiger charge is 2.11. The van der Waals surface area contributed by atoms with Crippen LogP contribution in [0.15, 0.2) is 84.9 Å². The average Bonchev–Trinajstić information content (AvgIpc) is 3.53. The lowest BCUT2D eigenvalue weighted by atomic mass is 10.0. The fraction of sp³-hybridized carbons (Fsp3) is 0.276. The maximum atomic E-state index is 5.08. The summed E-state index contributed by atoms with van der Waals surface area (Å²) in [5.41, 5.74) is 6.50. The van der Waals surface area contributed by atoms with E-state index in [0.717, 1.165) is 46.4 Å². The molecule has 0 spiro atoms. The summed E-state index contributed by atoms with van der Waals surface area (Å²) in [5.74, 6) is 1.50. The lowest BCUT2D eigenvalue weighted by molar-refractivity contribution is 0.191. The number of anilines is 1. The highest BCUT2D eigenvalue weighted by atomic mass is 32.1. The van der Waals surface area contributed by atoms with Gasteiger partial charge in [-0.1, -0.05) is 49.1 Å². The molecule has 1 aromatic heterocycles. The Hall–Kier alpha value is -3.22. The Morgan fingerprint density at radius 2 is 1.94 bits per heavy atom. The first-order valence-electron chi connectivity index (χ1n) is 11.8. The van der Waals surface area contributed by atoms with Crippen molar-refractivity contribution in [3.63, 3.8) is 0 Å². The van der Waals surface area contributed by atoms with Crippen LogP contribution in [0, 0.1) is 19.8 Å². The van der Waals surface area contributed by atoms with Gasteiger partial charge in [0.15, 0.2) is 0 Å². The second-order valence-corrected chi connectivity index (χ2v) is 9.04. The second kappa shape index (κ2) is 13.0. The third kappa shape index (κ3) is 7.38. The fourth-order valence-corrected chi connectivity index (χ4v) is 3.87. The fourth-order valence-electron chi connectivity index (χ4n) is 3.73. The van der Waals surface area contributed by atoms with Gasteiger partial charge in [0.1, 0.15) is 5.82 Å². The lowest BCUT2D eigenvalue weighted by Crippen LogP contribution is -2.19. The topological polar surface area (TPSA) is 51.1 Å². The molecule has 184 valence electrons. The van der Waals surface area contributed by atoms with E-state index in [1.54, 1.807) is 6.20 Å². The summed E-state index contributed by atoms with van der Waals surface area (Å²) in [7, 11) is 1.92. The molecule has 1 aliphatic heterocycles. The van der Waals surface area contributed by atoms with E-state index in [9.17, 15) is 0 Å². The number of rotatable bonds is 8. The van der Waals surface area contributed by atoms with Gasteiger partial charge in [-0.3, -0.25) is 0 Å². The Labute approximate surface area is 215 Å². The zero-order valence-electron chi connectivity index (χ0n) is 20.9. The van der Waals surface area contributed by atoms with E-state index >= 15 is 0 Å². The first kappa shape index (κ1) is 26.4. The molecule has 0 bridgehead atoms. The minimum absolute atomic E-state index is 0.639. The Kier molecular flexibility index (Phi) is 9.82. The van der Waals surface area contributed by atoms with Gasteiger partial charge in [-0.15, -0.1) is 19.2 Å². The van der Waals surface area contributed by atoms with Crippen molar-refractivity contribution in [3.05, 3.63) is 102 Å². The standard InChI is InChI=1S/C23H26N4S.C6H10O/c1-16-7-5-6-8-21(16)17(2)13-23(27-18(3)22(28)15-26-27)25-14-19-9-11-20(24-4)12-10-19;1-2-6-3-4-7-5-6/h5-13,15,24-25,28H,2,14H2,1,3-4H3;2,6H,1,3-5H2/b23-13-;. The Morgan fingerprint density at radius 3 is 2.49 bits per heavy atom. The number of thiol groups is 1. The molecule has 2 heterocycles. The Balaban J connectivity index is 0.000000420. The van der Waals surface area contributed by atoms with E-state index in [0.29, 0.717) is 12.5 Å². The van der Waals surface area contributed by atoms with Crippen LogP contribution >= 0.6 is 12.6 Å². The molecule has 0 amide bonds. The molecule has 0 saturated carbocycles. The Morgan fingerprint density at radius 1 is 1.20 bits per heavy atom. The molecule has 1 unspecified atom stereocenters. The zero-order chi connectivity index (χ0) is 25.2. The van der Waals surface area contributed by atoms with Crippen molar-refractivity contribution in [3.8, 4) is 0 Å². The Bertz CT molecular complexity index is 1160. The molecular formula is C29H36N4OS. The summed E-state index contributed by atoms with van der Waals surface area (Å²) in [6.45, 7) is 14.5. The van der Waals surface area contributed by atoms with Crippen molar-refractivity contribution in [2.75, 3.05) is 25.6 Å². The van der Waals surface area contributed by atoms with Crippen LogP contribution < -0.4 is 10.6 Å². The smallest absolute Gasteiger partial charge is 0.128 e. The zero-order valence-corrected chi connectivity index (χ0v) is 21.8. The predicted octanol–water partition coefficient (Wildman–Crippen LogP) is 6.34. The highest BCUT2D eigenvalue weighted by Crippen LogP contribution is 2.22. The van der Waals surface area contributed by atoms with Crippen molar-refractivity contribution in [2.24, 2.45) is 5.92 Å². The first-order chi connectivity index (χ1) is 16.9. The van der Waals surface area contributed by atoms with Gasteiger partial charge in [0.05, 0.1) is 18.5 Å². The molecule has 35 heavy (non-hydrogen) atoms. The van der Waals surface area contributed by atoms with Crippen LogP contribution in [0.1, 0.15) is 28.8 Å². The molecule has 1 aliphatic rings. The van der Waals surface area contributed by atoms with Crippen LogP contribution in [0.2, 0.25) is 0 Å². The number of ether oxygens (including phenoxy) is 1. The van der Waals surface area contributed by atoms with Gasteiger partial charge in [0.25, 0.3) is 0 Å². The molecule has 4 rings (SSSR count). The van der Waals surface area contributed by atoms with E-state index < -0.39 is 0 Å². The highest BCUT2D eigenvalue weighted by molar-refractivity contribution is 7.80. The summed E-state index contributed by atoms with van der Waals surface area (Å²) < 4.78 is 6.95. The number of allylic oxidation sites excluding steroid dienone is 2. The summed E-state index contributed by atoms with van der Waals surface area (Å²) in [6.07, 6.45) is 6.93. The third-order valence-electron chi connectivity index (χ3n) is 6.03. The van der Waals surface area contributed by atoms with Crippen molar-refractivity contribution < 1.29 is 4.74 Å². The maximum absolute atomic E-state index is 5.08. The predicted molar refractivity (Wildman–Crippen MR) is 151 cm³/mol. The minimum Gasteiger partial charge on any atom is -0.388 e. The summed E-state index contributed by atoms with van der Waals surface area (Å²) in [5, 5.41) is 11.1. The van der Waals surface area contributed by atoms with E-state index in [-0.39, 0.29) is 0 Å². The van der Waals surface area contributed by atoms with Gasteiger partial charge < -0.3 is 15.4 Å². The molecule has 6 heteroatoms. The number of nitrogens with one attached hydrogen (secondary N) is 2. The molecule has 5 nitrogen and oxygen atoms in total. The van der Waals surface area contributed by atoms with Crippen molar-refractivity contribution in [1.29, 1.82) is 0 Å². The van der Waals surface area contributed by atoms with Gasteiger partial charge in [-0.05, 0) is 60.7 Å². The number of aromatic nitrogens is 2. The summed E-state index contributed by atoms with van der Waals surface area (Å²) in [6, 6.07) is 16.6. The first-order valence-corrected chi connectivity index (χ1v) is 12.3. The van der Waals surface area contributed by atoms with Gasteiger partial charge in [0, 0.05) is 36.7 Å². The van der Waals surface area contributed by atoms with Gasteiger partial charge in [0.2, 0.25) is 0 Å². The lowest BCUT2D eigenvalue weighted by Gasteiger charge is -2.15. The van der Waals surface area contributed by atoms with E-state index in [1.807, 2.05) is 42.9 Å². The van der Waals surface area contributed by atoms with Crippen LogP contribution in [0.3, 0.4) is 0 Å². The van der Waals surface area contributed by atoms with Crippen LogP contribution in [0.5, 0.6) is 0 Å². The number of aryl methyl sites for hydroxylation is 1. The number of hydrogen-bond donors (Lipinski definition) is 3. The van der Waals surface area contributed by atoms with E-state index in [1.165, 1.54) is 17.5 Å². The molecule has 1 atom stereocenters. The van der Waals surface area contributed by atoms with Crippen LogP contribution in [0.4, 0.5) is 5.69 Å². The number of nitrogens with zero attached hydrogens (tertiary/aromatic N) is 2. The van der Waals surface area contributed by atoms with Crippen LogP contribution in [-0.4, -0.2) is 30.0 Å². The van der Waals surface area contributed by atoms with Crippen LogP contribution in [0.25, 0.3) is 11.4 Å². The molecule has 0 radical (unpaired) electrons. The van der Waals surface area contributed by atoms with E-state index in [4.69, 9.17) is 4.74 Å². The van der Waals surface area contributed by atoms with Crippen molar-refractivity contribution >= 4 is 29.7 Å². The quantitative estimate of drug-likeness (QED) is 0.197. The largest absolute Gasteiger partial charge is 0.388 e. The van der Waals surface area contributed by atoms with Gasteiger partial charge in [-0.25, -0.2) is 4.68 Å². The maximum Gasteiger partial charge on any atom is 0.128 e. The van der Waals surface area contributed by atoms with Crippen molar-refractivity contribution in [2.45, 2.75) is 31.7 Å². The molecule has 3 aromatic rings. The van der Waals surface area contributed by atoms with Gasteiger partial charge in [-0.2, -0.15) is 5.10 Å². The minimum atomic E-state index is 0.639. The van der Waals surface area contributed by atoms with Gasteiger partial charge >= 0.3 is 0 Å². The molecule has 0 aliphatic carbocycles. The normalized spacial score (nSPS) is 15.2. The number of hydrogen-bond acceptors (Lipinski definition) is 5. The van der Waals surface area contributed by atoms with Crippen molar-refractivity contribution in [1.82, 2.24) is 15.1 Å². The van der Waals surface area contributed by atoms with E-state index in [2.05, 4.69) is 84.8 Å². The second-order valence-electron chi connectivity index (χ2n) is 8.56. The third-order valence-corrected chi connectivity index (χ3v) is 6.47. The summed E-state index contributed by atoms with van der Waals surface area (Å²) >= 11 is 4.48. The molecule has 2 aromatic carbocycles. The van der Waals surface area contributed by atoms with Crippen LogP contribution in [-0.2, 0) is 11.3 Å².